The fourth-order valence-electron chi connectivity index (χ4n) is 5.16. The number of carbonyl (C=O) groups excluding carboxylic acids is 2. The molecular weight excluding hydrogens is 592 g/mol. The highest BCUT2D eigenvalue weighted by atomic mass is 16.6. The largest absolute Gasteiger partial charge is 0.481 e. The van der Waals surface area contributed by atoms with Crippen molar-refractivity contribution in [2.24, 2.45) is 5.92 Å². The minimum atomic E-state index is -1.23. The summed E-state index contributed by atoms with van der Waals surface area (Å²) in [6.07, 6.45) is 26.3. The van der Waals surface area contributed by atoms with Crippen LogP contribution in [0.2, 0.25) is 0 Å². The molecule has 0 radical (unpaired) electrons. The predicted molar refractivity (Wildman–Crippen MR) is 177 cm³/mol. The molecule has 2 aliphatic heterocycles. The van der Waals surface area contributed by atoms with Gasteiger partial charge in [-0.05, 0) is 19.3 Å². The van der Waals surface area contributed by atoms with Crippen LogP contribution in [0.3, 0.4) is 0 Å². The zero-order valence-corrected chi connectivity index (χ0v) is 28.7. The molecule has 0 amide bonds. The lowest BCUT2D eigenvalue weighted by Gasteiger charge is -2.07. The molecule has 0 aromatic carbocycles. The van der Waals surface area contributed by atoms with Gasteiger partial charge in [-0.15, -0.1) is 0 Å². The summed E-state index contributed by atoms with van der Waals surface area (Å²) in [6, 6.07) is 0. The maximum Gasteiger partial charge on any atom is 0.317 e. The van der Waals surface area contributed by atoms with Gasteiger partial charge in [0.05, 0.1) is 13.2 Å². The molecule has 0 spiro atoms. The van der Waals surface area contributed by atoms with E-state index in [4.69, 9.17) is 29.2 Å². The standard InChI is InChI=1S/C20H38O4.C16H26O6/c1-2-3-4-5-6-7-8-9-10-11-12-13-14-15-16-17-18(19(21)22)20(23)24;17-15(21-11-13-9-19-13)7-5-3-1-2-4-6-8-16(18)22-12-14-10-20-14/h18H,2-17H2,1H3,(H,21,22)(H,23,24);13-14H,1-12H2. The Morgan fingerprint density at radius 1 is 0.543 bits per heavy atom. The second kappa shape index (κ2) is 29.0. The van der Waals surface area contributed by atoms with Crippen molar-refractivity contribution in [3.8, 4) is 0 Å². The van der Waals surface area contributed by atoms with Crippen LogP contribution in [0.25, 0.3) is 0 Å². The summed E-state index contributed by atoms with van der Waals surface area (Å²) in [4.78, 5) is 44.2. The summed E-state index contributed by atoms with van der Waals surface area (Å²) >= 11 is 0. The Kier molecular flexibility index (Phi) is 26.3. The first-order valence-corrected chi connectivity index (χ1v) is 18.3. The molecular formula is C36H64O10. The summed E-state index contributed by atoms with van der Waals surface area (Å²) in [6.45, 7) is 4.50. The van der Waals surface area contributed by atoms with Crippen molar-refractivity contribution < 1.29 is 48.3 Å². The van der Waals surface area contributed by atoms with Gasteiger partial charge in [-0.25, -0.2) is 0 Å². The maximum absolute atomic E-state index is 11.4. The molecule has 0 aromatic rings. The third-order valence-electron chi connectivity index (χ3n) is 8.37. The van der Waals surface area contributed by atoms with E-state index < -0.39 is 17.9 Å². The molecule has 2 atom stereocenters. The average Bonchev–Trinajstić information content (AvgIpc) is 3.96. The van der Waals surface area contributed by atoms with Gasteiger partial charge in [-0.1, -0.05) is 129 Å². The zero-order valence-electron chi connectivity index (χ0n) is 28.7. The van der Waals surface area contributed by atoms with E-state index in [9.17, 15) is 19.2 Å². The van der Waals surface area contributed by atoms with Crippen LogP contribution in [0.5, 0.6) is 0 Å². The van der Waals surface area contributed by atoms with E-state index in [1.807, 2.05) is 0 Å². The number of carbonyl (C=O) groups is 4. The number of epoxide rings is 2. The summed E-state index contributed by atoms with van der Waals surface area (Å²) in [5.74, 6) is -3.91. The minimum Gasteiger partial charge on any atom is -0.481 e. The molecule has 0 bridgehead atoms. The minimum absolute atomic E-state index is 0.127. The van der Waals surface area contributed by atoms with Gasteiger partial charge in [0.15, 0.2) is 5.92 Å². The van der Waals surface area contributed by atoms with Crippen molar-refractivity contribution in [2.45, 2.75) is 173 Å². The SMILES string of the molecule is CCCCCCCCCCCCCCCCCC(C(=O)O)C(=O)O.O=C(CCCCCCCCC(=O)OCC1CO1)OCC1CO1. The summed E-state index contributed by atoms with van der Waals surface area (Å²) in [5, 5.41) is 17.6. The molecule has 0 aliphatic carbocycles. The fourth-order valence-corrected chi connectivity index (χ4v) is 5.16. The Morgan fingerprint density at radius 2 is 0.848 bits per heavy atom. The molecule has 2 unspecified atom stereocenters. The van der Waals surface area contributed by atoms with E-state index >= 15 is 0 Å². The van der Waals surface area contributed by atoms with E-state index in [1.165, 1.54) is 77.0 Å². The highest BCUT2D eigenvalue weighted by Crippen LogP contribution is 2.16. The topological polar surface area (TPSA) is 152 Å². The van der Waals surface area contributed by atoms with Crippen LogP contribution in [-0.4, -0.2) is 72.7 Å². The molecule has 10 heteroatoms. The summed E-state index contributed by atoms with van der Waals surface area (Å²) in [7, 11) is 0. The number of rotatable bonds is 31. The monoisotopic (exact) mass is 656 g/mol. The molecule has 2 rings (SSSR count). The first kappa shape index (κ1) is 41.8. The summed E-state index contributed by atoms with van der Waals surface area (Å²) < 4.78 is 20.1. The van der Waals surface area contributed by atoms with Crippen LogP contribution in [0, 0.1) is 5.92 Å². The van der Waals surface area contributed by atoms with Crippen molar-refractivity contribution >= 4 is 23.9 Å². The molecule has 268 valence electrons. The van der Waals surface area contributed by atoms with Crippen molar-refractivity contribution in [3.05, 3.63) is 0 Å². The predicted octanol–water partition coefficient (Wildman–Crippen LogP) is 8.02. The number of hydrogen-bond donors (Lipinski definition) is 2. The molecule has 2 N–H and O–H groups in total. The number of hydrogen-bond acceptors (Lipinski definition) is 8. The Morgan fingerprint density at radius 3 is 1.15 bits per heavy atom. The van der Waals surface area contributed by atoms with Crippen LogP contribution in [-0.2, 0) is 38.1 Å². The first-order valence-electron chi connectivity index (χ1n) is 18.3. The Balaban J connectivity index is 0.000000461. The summed E-state index contributed by atoms with van der Waals surface area (Å²) in [5.41, 5.74) is 0. The molecule has 2 aliphatic rings. The van der Waals surface area contributed by atoms with Gasteiger partial charge in [0.25, 0.3) is 0 Å². The number of carboxylic acids is 2. The van der Waals surface area contributed by atoms with Gasteiger partial charge in [-0.3, -0.25) is 19.2 Å². The Labute approximate surface area is 277 Å². The lowest BCUT2D eigenvalue weighted by molar-refractivity contribution is -0.155. The third kappa shape index (κ3) is 28.1. The van der Waals surface area contributed by atoms with Crippen molar-refractivity contribution in [3.63, 3.8) is 0 Å². The van der Waals surface area contributed by atoms with Gasteiger partial charge in [-0.2, -0.15) is 0 Å². The second-order valence-electron chi connectivity index (χ2n) is 12.9. The molecule has 10 nitrogen and oxygen atoms in total. The van der Waals surface area contributed by atoms with Crippen LogP contribution in [0.4, 0.5) is 0 Å². The second-order valence-corrected chi connectivity index (χ2v) is 12.9. The van der Waals surface area contributed by atoms with E-state index in [1.54, 1.807) is 0 Å². The van der Waals surface area contributed by atoms with Crippen LogP contribution >= 0.6 is 0 Å². The first-order chi connectivity index (χ1) is 22.3. The Hall–Kier alpha value is -2.20. The number of carboxylic acid groups (broad SMARTS) is 2. The maximum atomic E-state index is 11.4. The van der Waals surface area contributed by atoms with Crippen LogP contribution < -0.4 is 0 Å². The number of aliphatic carboxylic acids is 2. The van der Waals surface area contributed by atoms with E-state index in [2.05, 4.69) is 6.92 Å². The molecule has 2 saturated heterocycles. The lowest BCUT2D eigenvalue weighted by Crippen LogP contribution is -2.23. The molecule has 2 fully saturated rings. The fraction of sp³-hybridized carbons (Fsp3) is 0.889. The molecule has 0 saturated carbocycles. The number of ether oxygens (including phenoxy) is 4. The van der Waals surface area contributed by atoms with Crippen molar-refractivity contribution in [2.75, 3.05) is 26.4 Å². The van der Waals surface area contributed by atoms with E-state index in [0.29, 0.717) is 32.5 Å². The number of esters is 2. The number of unbranched alkanes of at least 4 members (excludes halogenated alkanes) is 19. The van der Waals surface area contributed by atoms with Crippen molar-refractivity contribution in [1.29, 1.82) is 0 Å². The quantitative estimate of drug-likeness (QED) is 0.0325. The van der Waals surface area contributed by atoms with Crippen molar-refractivity contribution in [1.82, 2.24) is 0 Å². The van der Waals surface area contributed by atoms with E-state index in [0.717, 1.165) is 64.6 Å². The molecule has 2 heterocycles. The highest BCUT2D eigenvalue weighted by Gasteiger charge is 2.25. The molecule has 0 aromatic heterocycles. The molecule has 46 heavy (non-hydrogen) atoms. The normalized spacial score (nSPS) is 16.4. The smallest absolute Gasteiger partial charge is 0.317 e. The average molecular weight is 657 g/mol. The van der Waals surface area contributed by atoms with Gasteiger partial charge in [0, 0.05) is 12.8 Å². The van der Waals surface area contributed by atoms with Gasteiger partial charge in [0.1, 0.15) is 25.4 Å². The van der Waals surface area contributed by atoms with Gasteiger partial charge >= 0.3 is 23.9 Å². The Bertz CT molecular complexity index is 746. The van der Waals surface area contributed by atoms with Gasteiger partial charge in [0.2, 0.25) is 0 Å². The highest BCUT2D eigenvalue weighted by molar-refractivity contribution is 5.92. The zero-order chi connectivity index (χ0) is 33.7. The van der Waals surface area contributed by atoms with Crippen LogP contribution in [0.1, 0.15) is 161 Å². The van der Waals surface area contributed by atoms with Crippen LogP contribution in [0.15, 0.2) is 0 Å². The van der Waals surface area contributed by atoms with Gasteiger partial charge < -0.3 is 29.2 Å². The third-order valence-corrected chi connectivity index (χ3v) is 8.37. The lowest BCUT2D eigenvalue weighted by atomic mass is 10.00. The van der Waals surface area contributed by atoms with E-state index in [-0.39, 0.29) is 30.6 Å².